The van der Waals surface area contributed by atoms with E-state index in [2.05, 4.69) is 47.2 Å². The molecule has 0 aliphatic heterocycles. The lowest BCUT2D eigenvalue weighted by molar-refractivity contribution is 0.611. The van der Waals surface area contributed by atoms with Crippen molar-refractivity contribution in [2.24, 2.45) is 0 Å². The van der Waals surface area contributed by atoms with Gasteiger partial charge in [0.1, 0.15) is 0 Å². The zero-order valence-electron chi connectivity index (χ0n) is 10.1. The molecule has 0 rings (SSSR count). The second-order valence-corrected chi connectivity index (χ2v) is 4.68. The maximum absolute atomic E-state index is 3.40. The van der Waals surface area contributed by atoms with Crippen molar-refractivity contribution in [2.45, 2.75) is 58.3 Å². The molecule has 15 heavy (non-hydrogen) atoms. The molecule has 0 unspecified atom stereocenters. The van der Waals surface area contributed by atoms with E-state index in [0.29, 0.717) is 0 Å². The van der Waals surface area contributed by atoms with Crippen molar-refractivity contribution in [3.8, 4) is 0 Å². The zero-order valence-corrected chi connectivity index (χ0v) is 11.6. The third kappa shape index (κ3) is 14.0. The molecule has 88 valence electrons. The van der Waals surface area contributed by atoms with Crippen LogP contribution in [0.15, 0.2) is 24.3 Å². The Kier molecular flexibility index (Phi) is 13.9. The molecule has 1 heteroatoms. The molecule has 0 nitrogen and oxygen atoms in total. The van der Waals surface area contributed by atoms with Gasteiger partial charge in [0, 0.05) is 5.33 Å². The second-order valence-electron chi connectivity index (χ2n) is 3.89. The van der Waals surface area contributed by atoms with Crippen molar-refractivity contribution < 1.29 is 0 Å². The van der Waals surface area contributed by atoms with Crippen molar-refractivity contribution in [1.82, 2.24) is 0 Å². The number of alkyl halides is 1. The third-order valence-electron chi connectivity index (χ3n) is 2.38. The van der Waals surface area contributed by atoms with Crippen molar-refractivity contribution in [2.75, 3.05) is 5.33 Å². The van der Waals surface area contributed by atoms with E-state index >= 15 is 0 Å². The molecular weight excluding hydrogens is 248 g/mol. The molecule has 0 bridgehead atoms. The number of unbranched alkanes of at least 4 members (excludes halogenated alkanes) is 6. The SMILES string of the molecule is CCCCCCCCC=CC=CCCBr. The van der Waals surface area contributed by atoms with Crippen molar-refractivity contribution in [3.63, 3.8) is 0 Å². The fourth-order valence-electron chi connectivity index (χ4n) is 1.46. The van der Waals surface area contributed by atoms with Crippen molar-refractivity contribution in [1.29, 1.82) is 0 Å². The van der Waals surface area contributed by atoms with Gasteiger partial charge < -0.3 is 0 Å². The van der Waals surface area contributed by atoms with E-state index in [9.17, 15) is 0 Å². The normalized spacial score (nSPS) is 11.9. The standard InChI is InChI=1S/C14H25Br/c1-2-3-4-5-6-7-8-9-10-11-12-13-14-15/h9-12H,2-8,13-14H2,1H3. The van der Waals surface area contributed by atoms with Gasteiger partial charge in [-0.05, 0) is 19.3 Å². The van der Waals surface area contributed by atoms with Crippen LogP contribution in [0.2, 0.25) is 0 Å². The summed E-state index contributed by atoms with van der Waals surface area (Å²) in [5.74, 6) is 0. The Balaban J connectivity index is 3.09. The van der Waals surface area contributed by atoms with Gasteiger partial charge in [0.05, 0.1) is 0 Å². The summed E-state index contributed by atoms with van der Waals surface area (Å²) in [6.45, 7) is 2.27. The Morgan fingerprint density at radius 1 is 0.800 bits per heavy atom. The Labute approximate surface area is 104 Å². The summed E-state index contributed by atoms with van der Waals surface area (Å²) in [5.41, 5.74) is 0. The first-order valence-electron chi connectivity index (χ1n) is 6.29. The molecule has 0 aromatic heterocycles. The predicted molar refractivity (Wildman–Crippen MR) is 74.7 cm³/mol. The van der Waals surface area contributed by atoms with Gasteiger partial charge in [-0.3, -0.25) is 0 Å². The third-order valence-corrected chi connectivity index (χ3v) is 2.84. The molecule has 0 aromatic rings. The molecular formula is C14H25Br. The van der Waals surface area contributed by atoms with Crippen LogP contribution < -0.4 is 0 Å². The van der Waals surface area contributed by atoms with E-state index in [1.807, 2.05) is 0 Å². The Morgan fingerprint density at radius 2 is 1.40 bits per heavy atom. The Hall–Kier alpha value is -0.0400. The fraction of sp³-hybridized carbons (Fsp3) is 0.714. The van der Waals surface area contributed by atoms with E-state index in [0.717, 1.165) is 11.8 Å². The maximum Gasteiger partial charge on any atom is 0.00660 e. The van der Waals surface area contributed by atoms with Gasteiger partial charge in [-0.25, -0.2) is 0 Å². The quantitative estimate of drug-likeness (QED) is 0.275. The highest BCUT2D eigenvalue weighted by molar-refractivity contribution is 9.09. The van der Waals surface area contributed by atoms with E-state index < -0.39 is 0 Å². The minimum absolute atomic E-state index is 1.06. The zero-order chi connectivity index (χ0) is 11.2. The first-order valence-corrected chi connectivity index (χ1v) is 7.41. The smallest absolute Gasteiger partial charge is 0.00660 e. The summed E-state index contributed by atoms with van der Waals surface area (Å²) in [7, 11) is 0. The van der Waals surface area contributed by atoms with Crippen LogP contribution in [-0.2, 0) is 0 Å². The van der Waals surface area contributed by atoms with Crippen LogP contribution in [0.3, 0.4) is 0 Å². The summed E-state index contributed by atoms with van der Waals surface area (Å²) >= 11 is 3.40. The monoisotopic (exact) mass is 272 g/mol. The van der Waals surface area contributed by atoms with Crippen molar-refractivity contribution in [3.05, 3.63) is 24.3 Å². The van der Waals surface area contributed by atoms with Gasteiger partial charge in [-0.1, -0.05) is 79.3 Å². The van der Waals surface area contributed by atoms with Crippen LogP contribution in [-0.4, -0.2) is 5.33 Å². The van der Waals surface area contributed by atoms with Gasteiger partial charge >= 0.3 is 0 Å². The van der Waals surface area contributed by atoms with Crippen LogP contribution in [0.5, 0.6) is 0 Å². The minimum atomic E-state index is 1.06. The van der Waals surface area contributed by atoms with Crippen LogP contribution in [0, 0.1) is 0 Å². The maximum atomic E-state index is 3.40. The number of rotatable bonds is 10. The summed E-state index contributed by atoms with van der Waals surface area (Å²) < 4.78 is 0. The highest BCUT2D eigenvalue weighted by atomic mass is 79.9. The average molecular weight is 273 g/mol. The number of hydrogen-bond acceptors (Lipinski definition) is 0. The van der Waals surface area contributed by atoms with E-state index in [4.69, 9.17) is 0 Å². The molecule has 0 aliphatic rings. The molecule has 0 N–H and O–H groups in total. The van der Waals surface area contributed by atoms with Crippen LogP contribution in [0.1, 0.15) is 58.3 Å². The predicted octanol–water partition coefficient (Wildman–Crippen LogP) is 5.63. The molecule has 0 atom stereocenters. The number of allylic oxidation sites excluding steroid dienone is 4. The van der Waals surface area contributed by atoms with Crippen LogP contribution >= 0.6 is 15.9 Å². The topological polar surface area (TPSA) is 0 Å². The Morgan fingerprint density at radius 3 is 2.07 bits per heavy atom. The number of halogens is 1. The summed E-state index contributed by atoms with van der Waals surface area (Å²) in [4.78, 5) is 0. The van der Waals surface area contributed by atoms with Gasteiger partial charge in [-0.15, -0.1) is 0 Å². The summed E-state index contributed by atoms with van der Waals surface area (Å²) in [5, 5.41) is 1.06. The molecule has 0 fully saturated rings. The lowest BCUT2D eigenvalue weighted by Crippen LogP contribution is -1.77. The molecule has 0 heterocycles. The first kappa shape index (κ1) is 15.0. The minimum Gasteiger partial charge on any atom is -0.0925 e. The van der Waals surface area contributed by atoms with E-state index in [1.54, 1.807) is 0 Å². The highest BCUT2D eigenvalue weighted by Crippen LogP contribution is 2.07. The van der Waals surface area contributed by atoms with Gasteiger partial charge in [0.2, 0.25) is 0 Å². The molecule has 0 saturated carbocycles. The second kappa shape index (κ2) is 14.0. The fourth-order valence-corrected chi connectivity index (χ4v) is 1.72. The molecule has 0 aliphatic carbocycles. The van der Waals surface area contributed by atoms with Crippen LogP contribution in [0.25, 0.3) is 0 Å². The van der Waals surface area contributed by atoms with E-state index in [-0.39, 0.29) is 0 Å². The summed E-state index contributed by atoms with van der Waals surface area (Å²) in [6.07, 6.45) is 19.5. The number of hydrogen-bond donors (Lipinski definition) is 0. The molecule has 0 saturated heterocycles. The van der Waals surface area contributed by atoms with Gasteiger partial charge in [-0.2, -0.15) is 0 Å². The average Bonchev–Trinajstić information content (AvgIpc) is 2.26. The van der Waals surface area contributed by atoms with Crippen LogP contribution in [0.4, 0.5) is 0 Å². The lowest BCUT2D eigenvalue weighted by atomic mass is 10.1. The highest BCUT2D eigenvalue weighted by Gasteiger charge is 1.87. The van der Waals surface area contributed by atoms with Gasteiger partial charge in [0.25, 0.3) is 0 Å². The summed E-state index contributed by atoms with van der Waals surface area (Å²) in [6, 6.07) is 0. The molecule has 0 aromatic carbocycles. The first-order chi connectivity index (χ1) is 7.41. The molecule has 0 radical (unpaired) electrons. The van der Waals surface area contributed by atoms with E-state index in [1.165, 1.54) is 44.9 Å². The Bertz CT molecular complexity index is 159. The largest absolute Gasteiger partial charge is 0.0925 e. The van der Waals surface area contributed by atoms with Crippen molar-refractivity contribution >= 4 is 15.9 Å². The molecule has 0 amide bonds. The molecule has 0 spiro atoms. The van der Waals surface area contributed by atoms with Gasteiger partial charge in [0.15, 0.2) is 0 Å². The lowest BCUT2D eigenvalue weighted by Gasteiger charge is -1.97.